The molecule has 1 aromatic heterocycles. The largest absolute Gasteiger partial charge is 0.332 e. The predicted molar refractivity (Wildman–Crippen MR) is 61.7 cm³/mol. The Morgan fingerprint density at radius 1 is 1.33 bits per heavy atom. The lowest BCUT2D eigenvalue weighted by atomic mass is 10.2. The van der Waals surface area contributed by atoms with Crippen molar-refractivity contribution in [1.82, 2.24) is 4.57 Å². The fourth-order valence-electron chi connectivity index (χ4n) is 1.95. The topological polar surface area (TPSA) is 28.7 Å². The molecular formula is C13H14N2. The van der Waals surface area contributed by atoms with E-state index in [9.17, 15) is 0 Å². The lowest BCUT2D eigenvalue weighted by molar-refractivity contribution is 0.696. The van der Waals surface area contributed by atoms with Crippen molar-refractivity contribution < 1.29 is 0 Å². The van der Waals surface area contributed by atoms with Gasteiger partial charge in [-0.3, -0.25) is 0 Å². The zero-order valence-electron chi connectivity index (χ0n) is 9.12. The second-order valence-corrected chi connectivity index (χ2v) is 3.86. The lowest BCUT2D eigenvalue weighted by Crippen LogP contribution is -1.98. The van der Waals surface area contributed by atoms with Gasteiger partial charge in [-0.15, -0.1) is 0 Å². The highest BCUT2D eigenvalue weighted by molar-refractivity contribution is 5.83. The zero-order valence-corrected chi connectivity index (χ0v) is 9.12. The number of hydrogen-bond donors (Lipinski definition) is 0. The van der Waals surface area contributed by atoms with E-state index in [4.69, 9.17) is 5.26 Å². The maximum absolute atomic E-state index is 9.04. The van der Waals surface area contributed by atoms with Crippen LogP contribution in [0.25, 0.3) is 10.9 Å². The normalized spacial score (nSPS) is 10.5. The Kier molecular flexibility index (Phi) is 2.47. The molecule has 15 heavy (non-hydrogen) atoms. The van der Waals surface area contributed by atoms with Gasteiger partial charge in [0.1, 0.15) is 11.8 Å². The number of rotatable bonds is 2. The molecule has 0 radical (unpaired) electrons. The number of aryl methyl sites for hydroxylation is 2. The van der Waals surface area contributed by atoms with Gasteiger partial charge in [0.15, 0.2) is 0 Å². The summed E-state index contributed by atoms with van der Waals surface area (Å²) in [6.45, 7) is 5.11. The van der Waals surface area contributed by atoms with Gasteiger partial charge in [-0.25, -0.2) is 0 Å². The summed E-state index contributed by atoms with van der Waals surface area (Å²) < 4.78 is 2.09. The van der Waals surface area contributed by atoms with Crippen molar-refractivity contribution >= 4 is 10.9 Å². The number of aromatic nitrogens is 1. The minimum atomic E-state index is 0.762. The van der Waals surface area contributed by atoms with Crippen molar-refractivity contribution in [3.8, 4) is 6.07 Å². The molecule has 1 aromatic carbocycles. The Bertz CT molecular complexity index is 529. The summed E-state index contributed by atoms with van der Waals surface area (Å²) in [6, 6.07) is 10.5. The van der Waals surface area contributed by atoms with Crippen molar-refractivity contribution in [2.24, 2.45) is 0 Å². The molecule has 76 valence electrons. The molecule has 0 amide bonds. The average molecular weight is 198 g/mol. The van der Waals surface area contributed by atoms with Crippen LogP contribution in [-0.4, -0.2) is 4.57 Å². The third-order valence-electron chi connectivity index (χ3n) is 2.62. The summed E-state index contributed by atoms with van der Waals surface area (Å²) in [5.41, 5.74) is 3.16. The quantitative estimate of drug-likeness (QED) is 0.728. The molecule has 0 N–H and O–H groups in total. The molecular weight excluding hydrogens is 184 g/mol. The third kappa shape index (κ3) is 1.61. The van der Waals surface area contributed by atoms with E-state index < -0.39 is 0 Å². The molecule has 0 bridgehead atoms. The van der Waals surface area contributed by atoms with E-state index in [2.05, 4.69) is 42.7 Å². The summed E-state index contributed by atoms with van der Waals surface area (Å²) in [4.78, 5) is 0. The van der Waals surface area contributed by atoms with E-state index in [-0.39, 0.29) is 0 Å². The van der Waals surface area contributed by atoms with Gasteiger partial charge in [0.2, 0.25) is 0 Å². The van der Waals surface area contributed by atoms with Gasteiger partial charge in [-0.2, -0.15) is 5.26 Å². The summed E-state index contributed by atoms with van der Waals surface area (Å²) in [5, 5.41) is 10.2. The predicted octanol–water partition coefficient (Wildman–Crippen LogP) is 3.23. The number of hydrogen-bond acceptors (Lipinski definition) is 1. The van der Waals surface area contributed by atoms with Gasteiger partial charge in [0.05, 0.1) is 0 Å². The van der Waals surface area contributed by atoms with Gasteiger partial charge in [-0.05, 0) is 31.5 Å². The van der Waals surface area contributed by atoms with Gasteiger partial charge >= 0.3 is 0 Å². The smallest absolute Gasteiger partial charge is 0.121 e. The Balaban J connectivity index is 2.70. The van der Waals surface area contributed by atoms with Crippen LogP contribution >= 0.6 is 0 Å². The summed E-state index contributed by atoms with van der Waals surface area (Å²) in [5.74, 6) is 0. The Hall–Kier alpha value is -1.75. The molecule has 2 nitrogen and oxygen atoms in total. The van der Waals surface area contributed by atoms with Crippen LogP contribution in [0.1, 0.15) is 24.6 Å². The van der Waals surface area contributed by atoms with Crippen LogP contribution in [0.3, 0.4) is 0 Å². The number of nitriles is 1. The van der Waals surface area contributed by atoms with Crippen LogP contribution in [-0.2, 0) is 6.54 Å². The number of nitrogens with zero attached hydrogens (tertiary/aromatic N) is 2. The molecule has 2 rings (SSSR count). The fraction of sp³-hybridized carbons (Fsp3) is 0.308. The molecule has 0 fully saturated rings. The first-order valence-corrected chi connectivity index (χ1v) is 5.26. The van der Waals surface area contributed by atoms with E-state index in [1.165, 1.54) is 16.5 Å². The van der Waals surface area contributed by atoms with Crippen molar-refractivity contribution in [3.63, 3.8) is 0 Å². The van der Waals surface area contributed by atoms with Gasteiger partial charge in [0, 0.05) is 17.4 Å². The highest BCUT2D eigenvalue weighted by Crippen LogP contribution is 2.21. The number of benzene rings is 1. The molecule has 0 aliphatic rings. The van der Waals surface area contributed by atoms with Gasteiger partial charge in [-0.1, -0.05) is 18.6 Å². The second-order valence-electron chi connectivity index (χ2n) is 3.86. The fourth-order valence-corrected chi connectivity index (χ4v) is 1.95. The van der Waals surface area contributed by atoms with E-state index in [0.29, 0.717) is 0 Å². The van der Waals surface area contributed by atoms with Gasteiger partial charge < -0.3 is 4.57 Å². The molecule has 2 aromatic rings. The Morgan fingerprint density at radius 3 is 2.80 bits per heavy atom. The highest BCUT2D eigenvalue weighted by atomic mass is 15.0. The van der Waals surface area contributed by atoms with Crippen molar-refractivity contribution in [1.29, 1.82) is 5.26 Å². The first-order valence-electron chi connectivity index (χ1n) is 5.26. The van der Waals surface area contributed by atoms with Crippen molar-refractivity contribution in [2.45, 2.75) is 26.8 Å². The van der Waals surface area contributed by atoms with Crippen LogP contribution in [0.15, 0.2) is 24.3 Å². The van der Waals surface area contributed by atoms with E-state index >= 15 is 0 Å². The molecule has 0 saturated heterocycles. The lowest BCUT2D eigenvalue weighted by Gasteiger charge is -2.04. The molecule has 2 heteroatoms. The number of fused-ring (bicyclic) bond motifs is 1. The molecule has 0 aliphatic heterocycles. The summed E-state index contributed by atoms with van der Waals surface area (Å²) in [7, 11) is 0. The Labute approximate surface area is 89.7 Å². The van der Waals surface area contributed by atoms with E-state index in [1.54, 1.807) is 0 Å². The van der Waals surface area contributed by atoms with Crippen LogP contribution < -0.4 is 0 Å². The second kappa shape index (κ2) is 3.78. The average Bonchev–Trinajstić information content (AvgIpc) is 2.56. The van der Waals surface area contributed by atoms with E-state index in [1.807, 2.05) is 6.07 Å². The minimum Gasteiger partial charge on any atom is -0.332 e. The monoisotopic (exact) mass is 198 g/mol. The molecule has 0 spiro atoms. The summed E-state index contributed by atoms with van der Waals surface area (Å²) in [6.07, 6.45) is 1.05. The van der Waals surface area contributed by atoms with Crippen LogP contribution in [0, 0.1) is 18.3 Å². The standard InChI is InChI=1S/C13H14N2/c1-3-6-15-12(9-14)8-11-7-10(2)4-5-13(11)15/h4-5,7-8H,3,6H2,1-2H3. The summed E-state index contributed by atoms with van der Waals surface area (Å²) >= 11 is 0. The van der Waals surface area contributed by atoms with Crippen molar-refractivity contribution in [3.05, 3.63) is 35.5 Å². The minimum absolute atomic E-state index is 0.762. The van der Waals surface area contributed by atoms with Crippen LogP contribution in [0.2, 0.25) is 0 Å². The Morgan fingerprint density at radius 2 is 2.13 bits per heavy atom. The molecule has 0 atom stereocenters. The zero-order chi connectivity index (χ0) is 10.8. The van der Waals surface area contributed by atoms with Crippen molar-refractivity contribution in [2.75, 3.05) is 0 Å². The SMILES string of the molecule is CCCn1c(C#N)cc2cc(C)ccc21. The first kappa shape index (κ1) is 9.79. The molecule has 1 heterocycles. The van der Waals surface area contributed by atoms with Crippen LogP contribution in [0.4, 0.5) is 0 Å². The molecule has 0 unspecified atom stereocenters. The maximum Gasteiger partial charge on any atom is 0.121 e. The highest BCUT2D eigenvalue weighted by Gasteiger charge is 2.06. The van der Waals surface area contributed by atoms with E-state index in [0.717, 1.165) is 18.7 Å². The van der Waals surface area contributed by atoms with Gasteiger partial charge in [0.25, 0.3) is 0 Å². The molecule has 0 aliphatic carbocycles. The molecule has 0 saturated carbocycles. The third-order valence-corrected chi connectivity index (χ3v) is 2.62. The first-order chi connectivity index (χ1) is 7.26. The maximum atomic E-state index is 9.04. The van der Waals surface area contributed by atoms with Crippen LogP contribution in [0.5, 0.6) is 0 Å².